The maximum Gasteiger partial charge on any atom is 0.244 e. The maximum atomic E-state index is 13.1. The Morgan fingerprint density at radius 3 is 2.71 bits per heavy atom. The van der Waals surface area contributed by atoms with Crippen molar-refractivity contribution in [2.45, 2.75) is 24.3 Å². The number of carbonyl (C=O) groups excluding carboxylic acids is 2. The minimum absolute atomic E-state index is 0.0103. The average molecular weight is 394 g/mol. The quantitative estimate of drug-likeness (QED) is 0.683. The minimum Gasteiger partial charge on any atom is -0.323 e. The number of aryl methyl sites for hydroxylation is 1. The number of tetrazole rings is 1. The number of nitrogens with zero attached hydrogens (tertiary/aromatic N) is 5. The van der Waals surface area contributed by atoms with Gasteiger partial charge in [-0.1, -0.05) is 41.6 Å². The summed E-state index contributed by atoms with van der Waals surface area (Å²) in [6.07, 6.45) is 0. The van der Waals surface area contributed by atoms with Gasteiger partial charge in [-0.3, -0.25) is 14.5 Å². The molecule has 2 heterocycles. The SMILES string of the molecule is Cc1ccc(-n2nnnc2S[C@H](C)C(=O)N2CC(=O)Nc3ccccc32)cc1. The molecule has 1 atom stereocenters. The second kappa shape index (κ2) is 7.43. The molecule has 1 N–H and O–H groups in total. The molecule has 4 rings (SSSR count). The molecule has 2 aromatic carbocycles. The summed E-state index contributed by atoms with van der Waals surface area (Å²) in [5.41, 5.74) is 3.28. The zero-order chi connectivity index (χ0) is 19.7. The molecular formula is C19H18N6O2S. The Kier molecular flexibility index (Phi) is 4.82. The number of rotatable bonds is 4. The molecule has 0 fully saturated rings. The lowest BCUT2D eigenvalue weighted by Gasteiger charge is -2.30. The standard InChI is InChI=1S/C19H18N6O2S/c1-12-7-9-14(10-8-12)25-19(21-22-23-25)28-13(2)18(27)24-11-17(26)20-15-5-3-4-6-16(15)24/h3-10,13H,11H2,1-2H3,(H,20,26)/t13-/m1/s1. The van der Waals surface area contributed by atoms with Crippen molar-refractivity contribution in [1.82, 2.24) is 20.2 Å². The molecule has 0 unspecified atom stereocenters. The summed E-state index contributed by atoms with van der Waals surface area (Å²) in [5, 5.41) is 14.7. The number of thioether (sulfide) groups is 1. The van der Waals surface area contributed by atoms with Gasteiger partial charge in [0.15, 0.2) is 0 Å². The predicted octanol–water partition coefficient (Wildman–Crippen LogP) is 2.44. The first-order valence-corrected chi connectivity index (χ1v) is 9.63. The highest BCUT2D eigenvalue weighted by Gasteiger charge is 2.31. The van der Waals surface area contributed by atoms with Crippen LogP contribution in [0.3, 0.4) is 0 Å². The largest absolute Gasteiger partial charge is 0.323 e. The maximum absolute atomic E-state index is 13.1. The average Bonchev–Trinajstić information content (AvgIpc) is 3.15. The van der Waals surface area contributed by atoms with Crippen molar-refractivity contribution in [2.24, 2.45) is 0 Å². The molecule has 3 aromatic rings. The molecule has 1 aliphatic rings. The smallest absolute Gasteiger partial charge is 0.244 e. The molecule has 8 nitrogen and oxygen atoms in total. The van der Waals surface area contributed by atoms with Crippen LogP contribution in [-0.4, -0.2) is 43.8 Å². The monoisotopic (exact) mass is 394 g/mol. The summed E-state index contributed by atoms with van der Waals surface area (Å²) in [5.74, 6) is -0.389. The van der Waals surface area contributed by atoms with E-state index in [9.17, 15) is 9.59 Å². The number of fused-ring (bicyclic) bond motifs is 1. The van der Waals surface area contributed by atoms with Crippen molar-refractivity contribution >= 4 is 35.0 Å². The zero-order valence-electron chi connectivity index (χ0n) is 15.4. The van der Waals surface area contributed by atoms with Crippen LogP contribution in [0.25, 0.3) is 5.69 Å². The van der Waals surface area contributed by atoms with Crippen molar-refractivity contribution in [2.75, 3.05) is 16.8 Å². The third-order valence-corrected chi connectivity index (χ3v) is 5.41. The number of hydrogen-bond acceptors (Lipinski definition) is 6. The van der Waals surface area contributed by atoms with E-state index in [0.717, 1.165) is 11.3 Å². The summed E-state index contributed by atoms with van der Waals surface area (Å²) in [7, 11) is 0. The number of amides is 2. The molecule has 0 aliphatic carbocycles. The summed E-state index contributed by atoms with van der Waals surface area (Å²) >= 11 is 1.26. The Morgan fingerprint density at radius 1 is 1.18 bits per heavy atom. The first-order valence-electron chi connectivity index (χ1n) is 8.75. The highest BCUT2D eigenvalue weighted by molar-refractivity contribution is 8.00. The molecule has 0 radical (unpaired) electrons. The van der Waals surface area contributed by atoms with E-state index in [1.807, 2.05) is 49.4 Å². The van der Waals surface area contributed by atoms with Crippen LogP contribution in [0.1, 0.15) is 12.5 Å². The summed E-state index contributed by atoms with van der Waals surface area (Å²) in [4.78, 5) is 26.6. The molecule has 0 saturated carbocycles. The normalized spacial score (nSPS) is 14.4. The van der Waals surface area contributed by atoms with E-state index in [4.69, 9.17) is 0 Å². The molecule has 28 heavy (non-hydrogen) atoms. The lowest BCUT2D eigenvalue weighted by atomic mass is 10.2. The molecule has 1 aromatic heterocycles. The predicted molar refractivity (Wildman–Crippen MR) is 107 cm³/mol. The van der Waals surface area contributed by atoms with Gasteiger partial charge in [-0.25, -0.2) is 0 Å². The number of carbonyl (C=O) groups is 2. The van der Waals surface area contributed by atoms with Crippen LogP contribution in [0.15, 0.2) is 53.7 Å². The molecule has 0 bridgehead atoms. The van der Waals surface area contributed by atoms with Crippen molar-refractivity contribution in [1.29, 1.82) is 0 Å². The summed E-state index contributed by atoms with van der Waals surface area (Å²) in [6, 6.07) is 15.1. The Balaban J connectivity index is 1.56. The fourth-order valence-corrected chi connectivity index (χ4v) is 3.83. The molecule has 9 heteroatoms. The van der Waals surface area contributed by atoms with Crippen molar-refractivity contribution < 1.29 is 9.59 Å². The second-order valence-corrected chi connectivity index (χ2v) is 7.77. The Morgan fingerprint density at radius 2 is 1.93 bits per heavy atom. The van der Waals surface area contributed by atoms with E-state index in [-0.39, 0.29) is 18.4 Å². The van der Waals surface area contributed by atoms with Gasteiger partial charge in [-0.05, 0) is 48.5 Å². The van der Waals surface area contributed by atoms with Gasteiger partial charge in [0.1, 0.15) is 6.54 Å². The van der Waals surface area contributed by atoms with Crippen LogP contribution in [0.4, 0.5) is 11.4 Å². The zero-order valence-corrected chi connectivity index (χ0v) is 16.2. The van der Waals surface area contributed by atoms with Gasteiger partial charge in [0, 0.05) is 0 Å². The molecular weight excluding hydrogens is 376 g/mol. The highest BCUT2D eigenvalue weighted by Crippen LogP contribution is 2.32. The number of anilines is 2. The number of benzene rings is 2. The molecule has 1 aliphatic heterocycles. The number of para-hydroxylation sites is 2. The van der Waals surface area contributed by atoms with Gasteiger partial charge >= 0.3 is 0 Å². The van der Waals surface area contributed by atoms with Gasteiger partial charge in [-0.15, -0.1) is 5.10 Å². The lowest BCUT2D eigenvalue weighted by molar-refractivity contribution is -0.121. The van der Waals surface area contributed by atoms with E-state index in [1.165, 1.54) is 16.7 Å². The Hall–Kier alpha value is -3.20. The molecule has 2 amide bonds. The van der Waals surface area contributed by atoms with Crippen LogP contribution < -0.4 is 10.2 Å². The fourth-order valence-electron chi connectivity index (χ4n) is 2.96. The highest BCUT2D eigenvalue weighted by atomic mass is 32.2. The van der Waals surface area contributed by atoms with Crippen LogP contribution >= 0.6 is 11.8 Å². The van der Waals surface area contributed by atoms with Crippen molar-refractivity contribution in [3.8, 4) is 5.69 Å². The first-order chi connectivity index (χ1) is 13.5. The number of hydrogen-bond donors (Lipinski definition) is 1. The lowest BCUT2D eigenvalue weighted by Crippen LogP contribution is -2.45. The van der Waals surface area contributed by atoms with Crippen LogP contribution in [0.2, 0.25) is 0 Å². The van der Waals surface area contributed by atoms with Crippen LogP contribution in [0.5, 0.6) is 0 Å². The van der Waals surface area contributed by atoms with E-state index < -0.39 is 5.25 Å². The fraction of sp³-hybridized carbons (Fsp3) is 0.211. The number of aromatic nitrogens is 4. The molecule has 142 valence electrons. The van der Waals surface area contributed by atoms with Crippen LogP contribution in [-0.2, 0) is 9.59 Å². The topological polar surface area (TPSA) is 93.0 Å². The molecule has 0 saturated heterocycles. The minimum atomic E-state index is -0.478. The summed E-state index contributed by atoms with van der Waals surface area (Å²) in [6.45, 7) is 3.78. The van der Waals surface area contributed by atoms with E-state index in [2.05, 4.69) is 20.8 Å². The van der Waals surface area contributed by atoms with E-state index >= 15 is 0 Å². The number of nitrogens with one attached hydrogen (secondary N) is 1. The van der Waals surface area contributed by atoms with E-state index in [0.29, 0.717) is 16.5 Å². The van der Waals surface area contributed by atoms with Crippen molar-refractivity contribution in [3.63, 3.8) is 0 Å². The third-order valence-electron chi connectivity index (χ3n) is 4.39. The van der Waals surface area contributed by atoms with Gasteiger partial charge in [0.2, 0.25) is 17.0 Å². The van der Waals surface area contributed by atoms with Crippen LogP contribution in [0, 0.1) is 6.92 Å². The Bertz CT molecular complexity index is 1030. The second-order valence-electron chi connectivity index (χ2n) is 6.46. The van der Waals surface area contributed by atoms with Gasteiger partial charge in [-0.2, -0.15) is 4.68 Å². The first kappa shape index (κ1) is 18.2. The van der Waals surface area contributed by atoms with Gasteiger partial charge in [0.05, 0.1) is 22.3 Å². The third kappa shape index (κ3) is 3.48. The van der Waals surface area contributed by atoms with Gasteiger partial charge in [0.25, 0.3) is 0 Å². The summed E-state index contributed by atoms with van der Waals surface area (Å²) < 4.78 is 1.60. The van der Waals surface area contributed by atoms with Crippen molar-refractivity contribution in [3.05, 3.63) is 54.1 Å². The van der Waals surface area contributed by atoms with Gasteiger partial charge < -0.3 is 5.32 Å². The molecule has 0 spiro atoms. The Labute approximate surface area is 165 Å². The van der Waals surface area contributed by atoms with E-state index in [1.54, 1.807) is 17.7 Å².